The lowest BCUT2D eigenvalue weighted by atomic mass is 9.81. The topological polar surface area (TPSA) is 33.7 Å². The SMILES string of the molecule is CC(=Nc1cc(-c2ccc3c(c2)c2ccccc2n3-c2ccc(-c3ccc4c(c3)C(C)(C)c3ccccc3-4)cc2)ccc1C)N(c1ccccc1)c1c(C)oc2ccccc12. The van der Waals surface area contributed by atoms with E-state index in [9.17, 15) is 0 Å². The van der Waals surface area contributed by atoms with Gasteiger partial charge in [-0.25, -0.2) is 4.99 Å². The molecule has 2 aromatic heterocycles. The quantitative estimate of drug-likeness (QED) is 0.124. The van der Waals surface area contributed by atoms with E-state index in [-0.39, 0.29) is 5.41 Å². The lowest BCUT2D eigenvalue weighted by Gasteiger charge is -2.24. The fourth-order valence-electron chi connectivity index (χ4n) is 9.74. The number of anilines is 2. The van der Waals surface area contributed by atoms with Crippen molar-refractivity contribution in [2.24, 2.45) is 4.99 Å². The molecule has 1 aliphatic rings. The smallest absolute Gasteiger partial charge is 0.136 e. The van der Waals surface area contributed by atoms with Crippen molar-refractivity contribution in [1.29, 1.82) is 0 Å². The summed E-state index contributed by atoms with van der Waals surface area (Å²) in [6.45, 7) is 10.9. The van der Waals surface area contributed by atoms with E-state index >= 15 is 0 Å². The maximum Gasteiger partial charge on any atom is 0.136 e. The highest BCUT2D eigenvalue weighted by molar-refractivity contribution is 6.12. The molecule has 0 N–H and O–H groups in total. The number of benzene rings is 8. The first-order valence-corrected chi connectivity index (χ1v) is 21.1. The molecular formula is C57H45N3O. The van der Waals surface area contributed by atoms with Gasteiger partial charge in [-0.2, -0.15) is 0 Å². The Bertz CT molecular complexity index is 3360. The van der Waals surface area contributed by atoms with E-state index in [1.54, 1.807) is 0 Å². The molecule has 1 aliphatic carbocycles. The van der Waals surface area contributed by atoms with Crippen LogP contribution in [0.15, 0.2) is 191 Å². The number of fused-ring (bicyclic) bond motifs is 7. The summed E-state index contributed by atoms with van der Waals surface area (Å²) >= 11 is 0. The average Bonchev–Trinajstić information content (AvgIpc) is 3.88. The molecule has 0 aliphatic heterocycles. The third kappa shape index (κ3) is 5.93. The number of para-hydroxylation sites is 3. The molecule has 10 aromatic rings. The summed E-state index contributed by atoms with van der Waals surface area (Å²) in [6.07, 6.45) is 0. The average molecular weight is 788 g/mol. The highest BCUT2D eigenvalue weighted by atomic mass is 16.3. The zero-order valence-corrected chi connectivity index (χ0v) is 35.1. The van der Waals surface area contributed by atoms with E-state index in [0.717, 1.165) is 62.0 Å². The highest BCUT2D eigenvalue weighted by Gasteiger charge is 2.35. The maximum atomic E-state index is 6.25. The van der Waals surface area contributed by atoms with Gasteiger partial charge >= 0.3 is 0 Å². The molecule has 0 saturated heterocycles. The third-order valence-corrected chi connectivity index (χ3v) is 12.8. The Morgan fingerprint density at radius 3 is 2.00 bits per heavy atom. The molecule has 4 heteroatoms. The van der Waals surface area contributed by atoms with Crippen molar-refractivity contribution < 1.29 is 4.42 Å². The van der Waals surface area contributed by atoms with Crippen LogP contribution >= 0.6 is 0 Å². The summed E-state index contributed by atoms with van der Waals surface area (Å²) in [5, 5.41) is 3.50. The van der Waals surface area contributed by atoms with Crippen LogP contribution in [0.5, 0.6) is 0 Å². The van der Waals surface area contributed by atoms with Crippen molar-refractivity contribution in [3.8, 4) is 39.1 Å². The second-order valence-corrected chi connectivity index (χ2v) is 16.9. The lowest BCUT2D eigenvalue weighted by Crippen LogP contribution is -2.23. The Morgan fingerprint density at radius 1 is 0.541 bits per heavy atom. The molecule has 0 fully saturated rings. The number of rotatable bonds is 6. The number of hydrogen-bond donors (Lipinski definition) is 0. The zero-order chi connectivity index (χ0) is 41.4. The molecule has 0 amide bonds. The summed E-state index contributed by atoms with van der Waals surface area (Å²) < 4.78 is 8.65. The molecule has 8 aromatic carbocycles. The molecule has 0 atom stereocenters. The Kier molecular flexibility index (Phi) is 8.47. The van der Waals surface area contributed by atoms with Gasteiger partial charge in [-0.15, -0.1) is 0 Å². The molecule has 4 nitrogen and oxygen atoms in total. The Hall–Kier alpha value is -7.43. The number of amidine groups is 1. The van der Waals surface area contributed by atoms with Crippen molar-refractivity contribution in [3.05, 3.63) is 204 Å². The number of nitrogens with zero attached hydrogens (tertiary/aromatic N) is 3. The summed E-state index contributed by atoms with van der Waals surface area (Å²) in [4.78, 5) is 7.56. The second-order valence-electron chi connectivity index (χ2n) is 16.9. The first kappa shape index (κ1) is 36.6. The van der Waals surface area contributed by atoms with Gasteiger partial charge in [-0.3, -0.25) is 4.90 Å². The normalized spacial score (nSPS) is 13.2. The minimum absolute atomic E-state index is 0.0326. The molecule has 2 heterocycles. The van der Waals surface area contributed by atoms with Gasteiger partial charge in [0.05, 0.1) is 22.4 Å². The fourth-order valence-corrected chi connectivity index (χ4v) is 9.74. The summed E-state index contributed by atoms with van der Waals surface area (Å²) in [5.74, 6) is 1.71. The van der Waals surface area contributed by atoms with Crippen molar-refractivity contribution in [3.63, 3.8) is 0 Å². The van der Waals surface area contributed by atoms with Crippen molar-refractivity contribution in [1.82, 2.24) is 4.57 Å². The lowest BCUT2D eigenvalue weighted by molar-refractivity contribution is 0.579. The van der Waals surface area contributed by atoms with Crippen LogP contribution in [0, 0.1) is 13.8 Å². The number of aliphatic imine (C=N–C) groups is 1. The van der Waals surface area contributed by atoms with Crippen LogP contribution in [0.2, 0.25) is 0 Å². The van der Waals surface area contributed by atoms with Crippen LogP contribution in [0.4, 0.5) is 17.1 Å². The number of aryl methyl sites for hydroxylation is 2. The van der Waals surface area contributed by atoms with Gasteiger partial charge in [0.2, 0.25) is 0 Å². The van der Waals surface area contributed by atoms with Gasteiger partial charge in [0.25, 0.3) is 0 Å². The summed E-state index contributed by atoms with van der Waals surface area (Å²) in [6, 6.07) is 65.8. The Balaban J connectivity index is 0.955. The predicted octanol–water partition coefficient (Wildman–Crippen LogP) is 15.7. The first-order valence-electron chi connectivity index (χ1n) is 21.1. The van der Waals surface area contributed by atoms with Crippen LogP contribution in [0.1, 0.15) is 43.2 Å². The maximum absolute atomic E-state index is 6.25. The third-order valence-electron chi connectivity index (χ3n) is 12.8. The number of furan rings is 1. The molecular weight excluding hydrogens is 743 g/mol. The minimum atomic E-state index is -0.0326. The number of hydrogen-bond acceptors (Lipinski definition) is 2. The molecule has 0 unspecified atom stereocenters. The van der Waals surface area contributed by atoms with Crippen molar-refractivity contribution in [2.45, 2.75) is 40.0 Å². The van der Waals surface area contributed by atoms with E-state index in [2.05, 4.69) is 201 Å². The van der Waals surface area contributed by atoms with Crippen LogP contribution in [-0.2, 0) is 5.41 Å². The molecule has 0 spiro atoms. The van der Waals surface area contributed by atoms with Crippen LogP contribution in [0.25, 0.3) is 71.8 Å². The molecule has 0 saturated carbocycles. The van der Waals surface area contributed by atoms with E-state index in [1.165, 1.54) is 55.2 Å². The second kappa shape index (κ2) is 14.1. The van der Waals surface area contributed by atoms with Crippen LogP contribution < -0.4 is 4.90 Å². The van der Waals surface area contributed by atoms with E-state index in [4.69, 9.17) is 9.41 Å². The molecule has 61 heavy (non-hydrogen) atoms. The standard InChI is InChI=1S/C57H45N3O/c1-36-23-24-42(35-52(36)58-38(3)59(43-15-7-6-8-16-43)56-37(2)61-55-22-14-11-19-48(55)56)40-28-32-54-49(33-40)47-18-10-13-21-53(47)60(54)44-29-25-39(26-30-44)41-27-31-46-45-17-9-12-20-50(45)57(4,5)51(46)34-41/h6-35H,1-5H3. The van der Waals surface area contributed by atoms with Gasteiger partial charge in [0.15, 0.2) is 0 Å². The summed E-state index contributed by atoms with van der Waals surface area (Å²) in [5.41, 5.74) is 18.6. The molecule has 0 radical (unpaired) electrons. The van der Waals surface area contributed by atoms with Gasteiger partial charge in [0, 0.05) is 32.9 Å². The zero-order valence-electron chi connectivity index (χ0n) is 35.1. The van der Waals surface area contributed by atoms with E-state index in [0.29, 0.717) is 0 Å². The van der Waals surface area contributed by atoms with Gasteiger partial charge in [-0.05, 0) is 138 Å². The minimum Gasteiger partial charge on any atom is -0.459 e. The monoisotopic (exact) mass is 787 g/mol. The molecule has 294 valence electrons. The van der Waals surface area contributed by atoms with E-state index in [1.807, 2.05) is 25.1 Å². The van der Waals surface area contributed by atoms with E-state index < -0.39 is 0 Å². The predicted molar refractivity (Wildman–Crippen MR) is 256 cm³/mol. The number of aromatic nitrogens is 1. The molecule has 0 bridgehead atoms. The van der Waals surface area contributed by atoms with Crippen molar-refractivity contribution in [2.75, 3.05) is 4.90 Å². The largest absolute Gasteiger partial charge is 0.459 e. The fraction of sp³-hybridized carbons (Fsp3) is 0.105. The van der Waals surface area contributed by atoms with Gasteiger partial charge in [0.1, 0.15) is 17.2 Å². The Labute approximate surface area is 356 Å². The van der Waals surface area contributed by atoms with Gasteiger partial charge < -0.3 is 8.98 Å². The van der Waals surface area contributed by atoms with Crippen LogP contribution in [0.3, 0.4) is 0 Å². The Morgan fingerprint density at radius 2 is 1.16 bits per heavy atom. The highest BCUT2D eigenvalue weighted by Crippen LogP contribution is 2.49. The summed E-state index contributed by atoms with van der Waals surface area (Å²) in [7, 11) is 0. The van der Waals surface area contributed by atoms with Gasteiger partial charge in [-0.1, -0.05) is 129 Å². The first-order chi connectivity index (χ1) is 29.7. The van der Waals surface area contributed by atoms with Crippen LogP contribution in [-0.4, -0.2) is 10.4 Å². The molecule has 11 rings (SSSR count). The van der Waals surface area contributed by atoms with Crippen molar-refractivity contribution >= 4 is 55.7 Å².